The first-order valence-electron chi connectivity index (χ1n) is 3.06. The van der Waals surface area contributed by atoms with E-state index in [0.717, 1.165) is 0 Å². The molecule has 0 spiro atoms. The largest absolute Gasteiger partial charge is 0.494 e. The topological polar surface area (TPSA) is 9.23 Å². The highest BCUT2D eigenvalue weighted by atomic mass is 35.5. The van der Waals surface area contributed by atoms with Crippen LogP contribution in [0.2, 0.25) is 25.1 Å². The zero-order valence-electron chi connectivity index (χ0n) is 6.30. The predicted molar refractivity (Wildman–Crippen MR) is 58.0 cm³/mol. The third kappa shape index (κ3) is 1.95. The summed E-state index contributed by atoms with van der Waals surface area (Å²) in [5.74, 6) is 0.225. The van der Waals surface area contributed by atoms with Crippen molar-refractivity contribution in [1.82, 2.24) is 0 Å². The lowest BCUT2D eigenvalue weighted by molar-refractivity contribution is 0.415. The Morgan fingerprint density at radius 1 is 0.692 bits per heavy atom. The number of rotatable bonds is 1. The molecule has 0 N–H and O–H groups in total. The van der Waals surface area contributed by atoms with Crippen LogP contribution in [0.5, 0.6) is 5.75 Å². The molecule has 0 aliphatic carbocycles. The van der Waals surface area contributed by atoms with Crippen molar-refractivity contribution in [2.24, 2.45) is 0 Å². The first kappa shape index (κ1) is 11.5. The molecular weight excluding hydrogens is 283 g/mol. The van der Waals surface area contributed by atoms with Crippen molar-refractivity contribution in [3.63, 3.8) is 0 Å². The van der Waals surface area contributed by atoms with Gasteiger partial charge in [-0.25, -0.2) is 0 Å². The SMILES string of the molecule is CO[13c]1[13c](Cl)[13c](Cl)[13c](Cl)[13c](Cl)[13c]1Cl. The third-order valence-electron chi connectivity index (χ3n) is 1.37. The molecule has 0 unspecified atom stereocenters. The summed E-state index contributed by atoms with van der Waals surface area (Å²) in [6.45, 7) is 0. The maximum atomic E-state index is 5.79. The number of hydrogen-bond donors (Lipinski definition) is 0. The maximum Gasteiger partial charge on any atom is 0.159 e. The Morgan fingerprint density at radius 2 is 1.00 bits per heavy atom. The molecule has 0 heterocycles. The van der Waals surface area contributed by atoms with Crippen LogP contribution in [0.25, 0.3) is 0 Å². The van der Waals surface area contributed by atoms with Crippen LogP contribution in [0.3, 0.4) is 0 Å². The standard InChI is InChI=1S/C7H3Cl5O/c1-13-7-5(11)3(9)2(8)4(10)6(7)12/h1H3/i2+1,3+1,4+1,5+1,6+1,7+1. The summed E-state index contributed by atoms with van der Waals surface area (Å²) >= 11 is 28.8. The van der Waals surface area contributed by atoms with E-state index in [1.807, 2.05) is 0 Å². The highest BCUT2D eigenvalue weighted by Gasteiger charge is 2.19. The summed E-state index contributed by atoms with van der Waals surface area (Å²) in [4.78, 5) is 0. The second-order valence-electron chi connectivity index (χ2n) is 2.10. The molecule has 6 heteroatoms. The minimum absolute atomic E-state index is 0.124. The molecule has 0 bridgehead atoms. The van der Waals surface area contributed by atoms with Gasteiger partial charge in [0, 0.05) is 0 Å². The van der Waals surface area contributed by atoms with Crippen LogP contribution < -0.4 is 4.74 Å². The maximum absolute atomic E-state index is 5.79. The number of halogens is 5. The molecule has 1 nitrogen and oxygen atoms in total. The Labute approximate surface area is 100 Å². The summed E-state index contributed by atoms with van der Waals surface area (Å²) in [6.07, 6.45) is 0. The molecule has 1 aromatic rings. The molecule has 13 heavy (non-hydrogen) atoms. The van der Waals surface area contributed by atoms with Crippen LogP contribution in [0.15, 0.2) is 0 Å². The number of hydrogen-bond acceptors (Lipinski definition) is 1. The Morgan fingerprint density at radius 3 is 1.31 bits per heavy atom. The summed E-state index contributed by atoms with van der Waals surface area (Å²) < 4.78 is 4.90. The highest BCUT2D eigenvalue weighted by Crippen LogP contribution is 2.47. The van der Waals surface area contributed by atoms with Crippen LogP contribution in [0, 0.1) is 0 Å². The van der Waals surface area contributed by atoms with Gasteiger partial charge in [-0.2, -0.15) is 0 Å². The van der Waals surface area contributed by atoms with Gasteiger partial charge in [0.25, 0.3) is 0 Å². The lowest BCUT2D eigenvalue weighted by Crippen LogP contribution is -1.88. The van der Waals surface area contributed by atoms with Gasteiger partial charge in [-0.15, -0.1) is 0 Å². The lowest BCUT2D eigenvalue weighted by atomic mass is 11.3. The van der Waals surface area contributed by atoms with Gasteiger partial charge in [0.05, 0.1) is 22.2 Å². The fourth-order valence-corrected chi connectivity index (χ4v) is 2.04. The van der Waals surface area contributed by atoms with Crippen LogP contribution in [0.4, 0.5) is 0 Å². The fraction of sp³-hybridized carbons (Fsp3) is 0.143. The lowest BCUT2D eigenvalue weighted by Gasteiger charge is -2.10. The second kappa shape index (κ2) is 4.33. The van der Waals surface area contributed by atoms with Gasteiger partial charge in [0.2, 0.25) is 0 Å². The summed E-state index contributed by atoms with van der Waals surface area (Å²) in [7, 11) is 1.41. The average Bonchev–Trinajstić information content (AvgIpc) is 2.13. The molecule has 0 atom stereocenters. The van der Waals surface area contributed by atoms with Crippen molar-refractivity contribution in [1.29, 1.82) is 0 Å². The van der Waals surface area contributed by atoms with Crippen molar-refractivity contribution in [3.05, 3.63) is 25.1 Å². The zero-order chi connectivity index (χ0) is 10.2. The predicted octanol–water partition coefficient (Wildman–Crippen LogP) is 4.96. The molecule has 72 valence electrons. The van der Waals surface area contributed by atoms with Crippen molar-refractivity contribution in [2.75, 3.05) is 7.11 Å². The average molecular weight is 286 g/mol. The first-order chi connectivity index (χ1) is 6.00. The van der Waals surface area contributed by atoms with E-state index in [-0.39, 0.29) is 30.9 Å². The monoisotopic (exact) mass is 284 g/mol. The van der Waals surface area contributed by atoms with Crippen molar-refractivity contribution < 1.29 is 4.74 Å². The molecule has 0 aliphatic heterocycles. The van der Waals surface area contributed by atoms with E-state index in [1.165, 1.54) is 7.11 Å². The van der Waals surface area contributed by atoms with Gasteiger partial charge in [0.15, 0.2) is 5.75 Å². The summed E-state index contributed by atoms with van der Waals surface area (Å²) in [5.41, 5.74) is 0. The van der Waals surface area contributed by atoms with Gasteiger partial charge in [-0.1, -0.05) is 58.0 Å². The summed E-state index contributed by atoms with van der Waals surface area (Å²) in [5, 5.41) is 0.704. The number of ether oxygens (including phenoxy) is 1. The van der Waals surface area contributed by atoms with Gasteiger partial charge in [-0.05, 0) is 0 Å². The normalized spacial score (nSPS) is 10.3. The molecule has 0 aliphatic rings. The third-order valence-corrected chi connectivity index (χ3v) is 3.62. The molecule has 0 saturated heterocycles. The van der Waals surface area contributed by atoms with Crippen molar-refractivity contribution in [2.45, 2.75) is 0 Å². The van der Waals surface area contributed by atoms with Gasteiger partial charge < -0.3 is 4.74 Å². The minimum Gasteiger partial charge on any atom is -0.494 e. The van der Waals surface area contributed by atoms with Crippen LogP contribution in [0.1, 0.15) is 0 Å². The van der Waals surface area contributed by atoms with Crippen LogP contribution in [-0.2, 0) is 0 Å². The van der Waals surface area contributed by atoms with Gasteiger partial charge in [0.1, 0.15) is 10.0 Å². The molecule has 0 saturated carbocycles. The van der Waals surface area contributed by atoms with E-state index in [4.69, 9.17) is 62.7 Å². The Bertz CT molecular complexity index is 320. The number of methoxy groups -OCH3 is 1. The van der Waals surface area contributed by atoms with E-state index >= 15 is 0 Å². The van der Waals surface area contributed by atoms with E-state index in [0.29, 0.717) is 0 Å². The molecular formula is C7H3Cl5O. The second-order valence-corrected chi connectivity index (χ2v) is 3.99. The molecule has 0 aromatic heterocycles. The van der Waals surface area contributed by atoms with Crippen LogP contribution >= 0.6 is 58.0 Å². The molecule has 1 aromatic carbocycles. The van der Waals surface area contributed by atoms with E-state index in [1.54, 1.807) is 0 Å². The first-order valence-corrected chi connectivity index (χ1v) is 4.95. The van der Waals surface area contributed by atoms with Gasteiger partial charge in [-0.3, -0.25) is 0 Å². The Kier molecular flexibility index (Phi) is 3.84. The Balaban J connectivity index is 3.56. The van der Waals surface area contributed by atoms with E-state index in [9.17, 15) is 0 Å². The Hall–Kier alpha value is 0.470. The molecule has 0 radical (unpaired) electrons. The van der Waals surface area contributed by atoms with Gasteiger partial charge >= 0.3 is 0 Å². The molecule has 0 amide bonds. The van der Waals surface area contributed by atoms with Crippen molar-refractivity contribution >= 4 is 58.0 Å². The number of benzene rings is 1. The smallest absolute Gasteiger partial charge is 0.159 e. The summed E-state index contributed by atoms with van der Waals surface area (Å²) in [6, 6.07) is 0. The molecule has 1 rings (SSSR count). The van der Waals surface area contributed by atoms with Crippen molar-refractivity contribution in [3.8, 4) is 5.75 Å². The van der Waals surface area contributed by atoms with E-state index in [2.05, 4.69) is 0 Å². The molecule has 0 fully saturated rings. The van der Waals surface area contributed by atoms with E-state index < -0.39 is 0 Å². The highest BCUT2D eigenvalue weighted by molar-refractivity contribution is 6.55. The van der Waals surface area contributed by atoms with Crippen LogP contribution in [-0.4, -0.2) is 7.11 Å². The quantitative estimate of drug-likeness (QED) is 0.523. The minimum atomic E-state index is 0.124. The zero-order valence-corrected chi connectivity index (χ0v) is 10.1. The fourth-order valence-electron chi connectivity index (χ4n) is 0.764.